The Kier molecular flexibility index (Phi) is 5.01. The molecule has 90 valence electrons. The molecule has 0 atom stereocenters. The lowest BCUT2D eigenvalue weighted by Crippen LogP contribution is -2.42. The van der Waals surface area contributed by atoms with Gasteiger partial charge in [-0.25, -0.2) is 0 Å². The van der Waals surface area contributed by atoms with Crippen molar-refractivity contribution in [3.63, 3.8) is 0 Å². The second-order valence-corrected chi connectivity index (χ2v) is 4.33. The van der Waals surface area contributed by atoms with Crippen LogP contribution < -0.4 is 5.32 Å². The second-order valence-electron chi connectivity index (χ2n) is 4.33. The average Bonchev–Trinajstić information content (AvgIpc) is 2.36. The summed E-state index contributed by atoms with van der Waals surface area (Å²) in [7, 11) is 0. The van der Waals surface area contributed by atoms with Gasteiger partial charge in [-0.3, -0.25) is 0 Å². The Balaban J connectivity index is 3.18. The molecule has 0 fully saturated rings. The number of rotatable bonds is 6. The summed E-state index contributed by atoms with van der Waals surface area (Å²) >= 11 is 0. The number of benzene rings is 1. The molecule has 1 heteroatoms. The van der Waals surface area contributed by atoms with Gasteiger partial charge in [-0.05, 0) is 36.9 Å². The highest BCUT2D eigenvalue weighted by molar-refractivity contribution is 5.33. The van der Waals surface area contributed by atoms with Crippen LogP contribution in [0.2, 0.25) is 0 Å². The van der Waals surface area contributed by atoms with E-state index in [0.29, 0.717) is 0 Å². The van der Waals surface area contributed by atoms with E-state index in [4.69, 9.17) is 0 Å². The van der Waals surface area contributed by atoms with Crippen molar-refractivity contribution in [3.8, 4) is 0 Å². The summed E-state index contributed by atoms with van der Waals surface area (Å²) in [5, 5.41) is 3.69. The van der Waals surface area contributed by atoms with E-state index >= 15 is 0 Å². The molecule has 1 rings (SSSR count). The average molecular weight is 219 g/mol. The third-order valence-electron chi connectivity index (χ3n) is 3.64. The number of aryl methyl sites for hydroxylation is 1. The molecule has 0 amide bonds. The predicted octanol–water partition coefficient (Wildman–Crippen LogP) is 3.87. The molecule has 0 radical (unpaired) electrons. The normalized spacial score (nSPS) is 11.8. The Bertz CT molecular complexity index is 313. The summed E-state index contributed by atoms with van der Waals surface area (Å²) in [6.07, 6.45) is 3.41. The SMILES string of the molecule is CCNC(CC)(CC)c1ccccc1CC. The fraction of sp³-hybridized carbons (Fsp3) is 0.600. The molecule has 0 unspecified atom stereocenters. The third kappa shape index (κ3) is 2.46. The van der Waals surface area contributed by atoms with Gasteiger partial charge < -0.3 is 5.32 Å². The minimum atomic E-state index is 0.168. The molecule has 1 aromatic carbocycles. The van der Waals surface area contributed by atoms with Crippen LogP contribution in [-0.2, 0) is 12.0 Å². The molecule has 0 aliphatic rings. The van der Waals surface area contributed by atoms with Crippen LogP contribution >= 0.6 is 0 Å². The van der Waals surface area contributed by atoms with E-state index in [1.54, 1.807) is 0 Å². The fourth-order valence-electron chi connectivity index (χ4n) is 2.61. The third-order valence-corrected chi connectivity index (χ3v) is 3.64. The summed E-state index contributed by atoms with van der Waals surface area (Å²) in [5.74, 6) is 0. The molecule has 1 N–H and O–H groups in total. The van der Waals surface area contributed by atoms with E-state index in [-0.39, 0.29) is 5.54 Å². The summed E-state index contributed by atoms with van der Waals surface area (Å²) in [6, 6.07) is 8.84. The maximum Gasteiger partial charge on any atom is 0.0432 e. The van der Waals surface area contributed by atoms with E-state index in [0.717, 1.165) is 25.8 Å². The maximum atomic E-state index is 3.69. The highest BCUT2D eigenvalue weighted by atomic mass is 15.0. The molecular weight excluding hydrogens is 194 g/mol. The second kappa shape index (κ2) is 6.05. The van der Waals surface area contributed by atoms with E-state index in [1.807, 2.05) is 0 Å². The van der Waals surface area contributed by atoms with E-state index in [1.165, 1.54) is 11.1 Å². The van der Waals surface area contributed by atoms with E-state index in [2.05, 4.69) is 57.3 Å². The van der Waals surface area contributed by atoms with Crippen molar-refractivity contribution in [2.24, 2.45) is 0 Å². The lowest BCUT2D eigenvalue weighted by atomic mass is 9.81. The monoisotopic (exact) mass is 219 g/mol. The van der Waals surface area contributed by atoms with Gasteiger partial charge in [0.15, 0.2) is 0 Å². The first-order valence-electron chi connectivity index (χ1n) is 6.57. The van der Waals surface area contributed by atoms with Crippen LogP contribution in [0.4, 0.5) is 0 Å². The Labute approximate surface area is 100 Å². The molecule has 0 aliphatic carbocycles. The Morgan fingerprint density at radius 2 is 1.62 bits per heavy atom. The number of hydrogen-bond donors (Lipinski definition) is 1. The highest BCUT2D eigenvalue weighted by Gasteiger charge is 2.28. The smallest absolute Gasteiger partial charge is 0.0432 e. The van der Waals surface area contributed by atoms with Gasteiger partial charge >= 0.3 is 0 Å². The van der Waals surface area contributed by atoms with Crippen LogP contribution in [0.25, 0.3) is 0 Å². The minimum absolute atomic E-state index is 0.168. The first kappa shape index (κ1) is 13.2. The summed E-state index contributed by atoms with van der Waals surface area (Å²) in [4.78, 5) is 0. The minimum Gasteiger partial charge on any atom is -0.308 e. The van der Waals surface area contributed by atoms with Crippen molar-refractivity contribution >= 4 is 0 Å². The van der Waals surface area contributed by atoms with Crippen LogP contribution in [0.5, 0.6) is 0 Å². The van der Waals surface area contributed by atoms with Gasteiger partial charge in [0, 0.05) is 5.54 Å². The zero-order valence-electron chi connectivity index (χ0n) is 11.1. The molecule has 0 aromatic heterocycles. The van der Waals surface area contributed by atoms with Crippen molar-refractivity contribution in [1.82, 2.24) is 5.32 Å². The zero-order chi connectivity index (χ0) is 12.0. The molecule has 0 saturated heterocycles. The van der Waals surface area contributed by atoms with Gasteiger partial charge in [-0.1, -0.05) is 52.0 Å². The van der Waals surface area contributed by atoms with Crippen LogP contribution in [0, 0.1) is 0 Å². The standard InChI is InChI=1S/C15H25N/c1-5-13-11-9-10-12-14(13)15(6-2,7-3)16-8-4/h9-12,16H,5-8H2,1-4H3. The lowest BCUT2D eigenvalue weighted by molar-refractivity contribution is 0.313. The van der Waals surface area contributed by atoms with Crippen LogP contribution in [0.3, 0.4) is 0 Å². The Morgan fingerprint density at radius 3 is 2.12 bits per heavy atom. The zero-order valence-corrected chi connectivity index (χ0v) is 11.1. The molecule has 16 heavy (non-hydrogen) atoms. The molecule has 1 aromatic rings. The molecule has 0 bridgehead atoms. The molecule has 0 aliphatic heterocycles. The van der Waals surface area contributed by atoms with Gasteiger partial charge in [0.1, 0.15) is 0 Å². The van der Waals surface area contributed by atoms with Crippen molar-refractivity contribution in [2.75, 3.05) is 6.54 Å². The van der Waals surface area contributed by atoms with Gasteiger partial charge in [0.2, 0.25) is 0 Å². The maximum absolute atomic E-state index is 3.69. The van der Waals surface area contributed by atoms with Gasteiger partial charge in [-0.15, -0.1) is 0 Å². The van der Waals surface area contributed by atoms with Crippen molar-refractivity contribution in [1.29, 1.82) is 0 Å². The van der Waals surface area contributed by atoms with Crippen molar-refractivity contribution in [3.05, 3.63) is 35.4 Å². The summed E-state index contributed by atoms with van der Waals surface area (Å²) in [6.45, 7) is 10.0. The molecule has 0 saturated carbocycles. The van der Waals surface area contributed by atoms with Gasteiger partial charge in [0.05, 0.1) is 0 Å². The molecule has 0 spiro atoms. The first-order valence-corrected chi connectivity index (χ1v) is 6.57. The van der Waals surface area contributed by atoms with Crippen molar-refractivity contribution < 1.29 is 0 Å². The fourth-order valence-corrected chi connectivity index (χ4v) is 2.61. The Morgan fingerprint density at radius 1 is 1.00 bits per heavy atom. The number of hydrogen-bond acceptors (Lipinski definition) is 1. The van der Waals surface area contributed by atoms with Crippen molar-refractivity contribution in [2.45, 2.75) is 52.5 Å². The van der Waals surface area contributed by atoms with Gasteiger partial charge in [-0.2, -0.15) is 0 Å². The summed E-state index contributed by atoms with van der Waals surface area (Å²) < 4.78 is 0. The quantitative estimate of drug-likeness (QED) is 0.765. The number of nitrogens with one attached hydrogen (secondary N) is 1. The van der Waals surface area contributed by atoms with Crippen LogP contribution in [0.15, 0.2) is 24.3 Å². The van der Waals surface area contributed by atoms with Crippen LogP contribution in [-0.4, -0.2) is 6.54 Å². The largest absolute Gasteiger partial charge is 0.308 e. The molecular formula is C15H25N. The Hall–Kier alpha value is -0.820. The van der Waals surface area contributed by atoms with E-state index in [9.17, 15) is 0 Å². The lowest BCUT2D eigenvalue weighted by Gasteiger charge is -2.35. The first-order chi connectivity index (χ1) is 7.74. The topological polar surface area (TPSA) is 12.0 Å². The van der Waals surface area contributed by atoms with Gasteiger partial charge in [0.25, 0.3) is 0 Å². The van der Waals surface area contributed by atoms with Crippen LogP contribution in [0.1, 0.15) is 51.7 Å². The summed E-state index contributed by atoms with van der Waals surface area (Å²) in [5.41, 5.74) is 3.14. The molecule has 0 heterocycles. The molecule has 1 nitrogen and oxygen atoms in total. The predicted molar refractivity (Wildman–Crippen MR) is 71.8 cm³/mol. The highest BCUT2D eigenvalue weighted by Crippen LogP contribution is 2.31. The van der Waals surface area contributed by atoms with E-state index < -0.39 is 0 Å².